The zero-order valence-corrected chi connectivity index (χ0v) is 16.4. The predicted molar refractivity (Wildman–Crippen MR) is 107 cm³/mol. The van der Waals surface area contributed by atoms with Crippen LogP contribution in [0.4, 0.5) is 0 Å². The van der Waals surface area contributed by atoms with E-state index in [0.29, 0.717) is 42.7 Å². The van der Waals surface area contributed by atoms with Crippen molar-refractivity contribution in [3.8, 4) is 0 Å². The molecule has 0 radical (unpaired) electrons. The lowest BCUT2D eigenvalue weighted by Gasteiger charge is -2.38. The molecule has 28 heavy (non-hydrogen) atoms. The highest BCUT2D eigenvalue weighted by Crippen LogP contribution is 2.40. The van der Waals surface area contributed by atoms with Crippen molar-refractivity contribution in [2.75, 3.05) is 13.1 Å². The Morgan fingerprint density at radius 2 is 2.07 bits per heavy atom. The predicted octanol–water partition coefficient (Wildman–Crippen LogP) is 1.18. The first-order chi connectivity index (χ1) is 13.4. The molecule has 8 nitrogen and oxygen atoms in total. The summed E-state index contributed by atoms with van der Waals surface area (Å²) in [7, 11) is 0. The zero-order valence-electron chi connectivity index (χ0n) is 16.4. The van der Waals surface area contributed by atoms with Gasteiger partial charge in [-0.1, -0.05) is 6.92 Å². The molecule has 1 aliphatic heterocycles. The molecule has 150 valence electrons. The van der Waals surface area contributed by atoms with Crippen molar-refractivity contribution in [1.82, 2.24) is 19.4 Å². The number of likely N-dealkylation sites (tertiary alicyclic amines) is 1. The first kappa shape index (κ1) is 18.9. The maximum absolute atomic E-state index is 13.5. The third kappa shape index (κ3) is 3.15. The Labute approximate surface area is 162 Å². The number of aryl methyl sites for hydroxylation is 1. The number of H-pyrrole nitrogens is 1. The number of rotatable bonds is 4. The van der Waals surface area contributed by atoms with Crippen molar-refractivity contribution in [3.05, 3.63) is 38.2 Å². The number of nitrogens with one attached hydrogen (secondary N) is 1. The molecule has 1 saturated heterocycles. The van der Waals surface area contributed by atoms with Crippen molar-refractivity contribution in [2.45, 2.75) is 58.0 Å². The number of nitrogens with zero attached hydrogens (tertiary/aromatic N) is 3. The Morgan fingerprint density at radius 3 is 2.71 bits per heavy atom. The van der Waals surface area contributed by atoms with E-state index in [-0.39, 0.29) is 17.3 Å². The largest absolute Gasteiger partial charge is 0.334 e. The Kier molecular flexibility index (Phi) is 4.82. The number of carbonyl (C=O) groups is 1. The van der Waals surface area contributed by atoms with Gasteiger partial charge in [0.05, 0.1) is 10.9 Å². The minimum atomic E-state index is -0.558. The molecule has 1 amide bonds. The number of nitrogens with two attached hydrogens (primary N) is 1. The lowest BCUT2D eigenvalue weighted by molar-refractivity contribution is 0.0575. The summed E-state index contributed by atoms with van der Waals surface area (Å²) in [5.74, 6) is 0.619. The summed E-state index contributed by atoms with van der Waals surface area (Å²) in [5, 5.41) is 0.199. The number of amides is 1. The van der Waals surface area contributed by atoms with Gasteiger partial charge in [-0.05, 0) is 44.6 Å². The quantitative estimate of drug-likeness (QED) is 0.820. The maximum atomic E-state index is 13.5. The summed E-state index contributed by atoms with van der Waals surface area (Å²) in [6.07, 6.45) is 3.80. The van der Waals surface area contributed by atoms with Gasteiger partial charge in [-0.25, -0.2) is 9.78 Å². The molecule has 2 aliphatic rings. The summed E-state index contributed by atoms with van der Waals surface area (Å²) in [4.78, 5) is 47.2. The molecule has 2 unspecified atom stereocenters. The number of hydrogen-bond acceptors (Lipinski definition) is 5. The summed E-state index contributed by atoms with van der Waals surface area (Å²) in [6.45, 7) is 5.37. The van der Waals surface area contributed by atoms with Crippen LogP contribution >= 0.6 is 0 Å². The minimum absolute atomic E-state index is 0.0417. The SMILES string of the molecule is CCn1c(=O)[nH]c(=O)c2c(C(=O)N3CCC(C)CC3CN)cc(C3CC3)nc21. The summed E-state index contributed by atoms with van der Waals surface area (Å²) >= 11 is 0. The number of hydrogen-bond donors (Lipinski definition) is 2. The van der Waals surface area contributed by atoms with Crippen molar-refractivity contribution < 1.29 is 4.79 Å². The van der Waals surface area contributed by atoms with Gasteiger partial charge in [-0.2, -0.15) is 0 Å². The second-order valence-electron chi connectivity index (χ2n) is 8.09. The summed E-state index contributed by atoms with van der Waals surface area (Å²) in [6, 6.07) is 1.72. The molecule has 2 fully saturated rings. The van der Waals surface area contributed by atoms with Crippen LogP contribution in [0.15, 0.2) is 15.7 Å². The van der Waals surface area contributed by atoms with Crippen LogP contribution in [-0.4, -0.2) is 44.5 Å². The van der Waals surface area contributed by atoms with E-state index in [4.69, 9.17) is 5.73 Å². The summed E-state index contributed by atoms with van der Waals surface area (Å²) in [5.41, 5.74) is 6.33. The molecule has 1 aliphatic carbocycles. The highest BCUT2D eigenvalue weighted by molar-refractivity contribution is 6.05. The van der Waals surface area contributed by atoms with E-state index in [1.54, 1.807) is 11.0 Å². The molecule has 0 bridgehead atoms. The van der Waals surface area contributed by atoms with Gasteiger partial charge >= 0.3 is 5.69 Å². The van der Waals surface area contributed by atoms with Gasteiger partial charge < -0.3 is 10.6 Å². The second-order valence-corrected chi connectivity index (χ2v) is 8.09. The number of carbonyl (C=O) groups excluding carboxylic acids is 1. The third-order valence-electron chi connectivity index (χ3n) is 6.02. The Bertz CT molecular complexity index is 1040. The van der Waals surface area contributed by atoms with E-state index < -0.39 is 11.2 Å². The molecule has 0 spiro atoms. The average molecular weight is 385 g/mol. The third-order valence-corrected chi connectivity index (χ3v) is 6.02. The fraction of sp³-hybridized carbons (Fsp3) is 0.600. The van der Waals surface area contributed by atoms with E-state index in [9.17, 15) is 14.4 Å². The fourth-order valence-electron chi connectivity index (χ4n) is 4.24. The number of aromatic nitrogens is 3. The minimum Gasteiger partial charge on any atom is -0.334 e. The van der Waals surface area contributed by atoms with Gasteiger partial charge in [0.15, 0.2) is 5.65 Å². The molecule has 0 aromatic carbocycles. The molecule has 3 N–H and O–H groups in total. The smallest absolute Gasteiger partial charge is 0.329 e. The first-order valence-corrected chi connectivity index (χ1v) is 10.1. The van der Waals surface area contributed by atoms with Gasteiger partial charge in [0.1, 0.15) is 0 Å². The zero-order chi connectivity index (χ0) is 20.0. The lowest BCUT2D eigenvalue weighted by atomic mass is 9.91. The van der Waals surface area contributed by atoms with Crippen molar-refractivity contribution in [1.29, 1.82) is 0 Å². The van der Waals surface area contributed by atoms with E-state index >= 15 is 0 Å². The summed E-state index contributed by atoms with van der Waals surface area (Å²) < 4.78 is 1.43. The molecule has 2 atom stereocenters. The highest BCUT2D eigenvalue weighted by Gasteiger charge is 2.33. The van der Waals surface area contributed by atoms with Crippen molar-refractivity contribution >= 4 is 16.9 Å². The van der Waals surface area contributed by atoms with Crippen LogP contribution in [-0.2, 0) is 6.54 Å². The molecule has 2 aromatic rings. The number of piperidine rings is 1. The Balaban J connectivity index is 1.91. The van der Waals surface area contributed by atoms with Crippen LogP contribution < -0.4 is 17.0 Å². The Hall–Kier alpha value is -2.48. The van der Waals surface area contributed by atoms with Crippen LogP contribution in [0.2, 0.25) is 0 Å². The van der Waals surface area contributed by atoms with Gasteiger partial charge in [-0.3, -0.25) is 19.1 Å². The van der Waals surface area contributed by atoms with Crippen LogP contribution in [0.5, 0.6) is 0 Å². The molecule has 4 rings (SSSR count). The van der Waals surface area contributed by atoms with Gasteiger partial charge in [-0.15, -0.1) is 0 Å². The monoisotopic (exact) mass is 385 g/mol. The number of aromatic amines is 1. The first-order valence-electron chi connectivity index (χ1n) is 10.1. The van der Waals surface area contributed by atoms with E-state index in [2.05, 4.69) is 16.9 Å². The lowest BCUT2D eigenvalue weighted by Crippen LogP contribution is -2.49. The normalized spacial score (nSPS) is 22.6. The van der Waals surface area contributed by atoms with Crippen LogP contribution in [0.25, 0.3) is 11.0 Å². The van der Waals surface area contributed by atoms with E-state index in [1.165, 1.54) is 4.57 Å². The molecular formula is C20H27N5O3. The van der Waals surface area contributed by atoms with Gasteiger partial charge in [0.2, 0.25) is 0 Å². The van der Waals surface area contributed by atoms with Gasteiger partial charge in [0.25, 0.3) is 11.5 Å². The molecular weight excluding hydrogens is 358 g/mol. The van der Waals surface area contributed by atoms with Gasteiger partial charge in [0, 0.05) is 37.3 Å². The number of fused-ring (bicyclic) bond motifs is 1. The molecule has 1 saturated carbocycles. The van der Waals surface area contributed by atoms with E-state index in [0.717, 1.165) is 31.4 Å². The highest BCUT2D eigenvalue weighted by atomic mass is 16.2. The number of pyridine rings is 1. The van der Waals surface area contributed by atoms with Crippen molar-refractivity contribution in [3.63, 3.8) is 0 Å². The standard InChI is InChI=1S/C20H27N5O3/c1-3-24-17-16(18(26)23-20(24)28)14(9-15(22-17)12-4-5-12)19(27)25-7-6-11(2)8-13(25)10-21/h9,11-13H,3-8,10,21H2,1-2H3,(H,23,26,28). The second kappa shape index (κ2) is 7.16. The Morgan fingerprint density at radius 1 is 1.32 bits per heavy atom. The molecule has 2 aromatic heterocycles. The van der Waals surface area contributed by atoms with E-state index in [1.807, 2.05) is 6.92 Å². The maximum Gasteiger partial charge on any atom is 0.329 e. The van der Waals surface area contributed by atoms with Crippen LogP contribution in [0.1, 0.15) is 61.5 Å². The fourth-order valence-corrected chi connectivity index (χ4v) is 4.24. The van der Waals surface area contributed by atoms with Crippen LogP contribution in [0.3, 0.4) is 0 Å². The average Bonchev–Trinajstić information content (AvgIpc) is 3.52. The van der Waals surface area contributed by atoms with Crippen molar-refractivity contribution in [2.24, 2.45) is 11.7 Å². The topological polar surface area (TPSA) is 114 Å². The molecule has 8 heteroatoms. The molecule has 3 heterocycles. The van der Waals surface area contributed by atoms with Crippen LogP contribution in [0, 0.1) is 5.92 Å².